The van der Waals surface area contributed by atoms with Gasteiger partial charge in [-0.15, -0.1) is 10.2 Å². The molecule has 2 atom stereocenters. The van der Waals surface area contributed by atoms with Gasteiger partial charge < -0.3 is 39.4 Å². The van der Waals surface area contributed by atoms with Gasteiger partial charge in [0.05, 0.1) is 13.1 Å². The van der Waals surface area contributed by atoms with Crippen LogP contribution in [-0.4, -0.2) is 110 Å². The first-order valence-corrected chi connectivity index (χ1v) is 23.3. The SMILES string of the molecule is CC(C)[C@H](NC(=O)COc1ccccc1N=Nc1ccccc1OCC(=O)N[C@H](C(=O)OCC(=O)N1CC#Cc2ccccc2C#CCC1)C(C)C)C(=O)OCC(=O)N1CC#Cc2ccccc2C#CCC1. The van der Waals surface area contributed by atoms with Gasteiger partial charge in [-0.05, 0) is 60.4 Å². The number of ether oxygens (including phenoxy) is 4. The van der Waals surface area contributed by atoms with E-state index in [-0.39, 0.29) is 36.0 Å². The Morgan fingerprint density at radius 3 is 1.22 bits per heavy atom. The maximum absolute atomic E-state index is 13.2. The van der Waals surface area contributed by atoms with Crippen LogP contribution in [-0.2, 0) is 38.2 Å². The van der Waals surface area contributed by atoms with E-state index < -0.39 is 85.9 Å². The van der Waals surface area contributed by atoms with Crippen molar-refractivity contribution in [1.29, 1.82) is 0 Å². The lowest BCUT2D eigenvalue weighted by Crippen LogP contribution is -2.47. The zero-order valence-electron chi connectivity index (χ0n) is 40.5. The molecule has 4 amide bonds. The highest BCUT2D eigenvalue weighted by molar-refractivity contribution is 5.88. The monoisotopic (exact) mass is 970 g/mol. The second kappa shape index (κ2) is 26.8. The van der Waals surface area contributed by atoms with E-state index >= 15 is 0 Å². The van der Waals surface area contributed by atoms with E-state index in [1.165, 1.54) is 9.80 Å². The van der Waals surface area contributed by atoms with Gasteiger partial charge in [-0.3, -0.25) is 19.2 Å². The second-order valence-electron chi connectivity index (χ2n) is 16.9. The summed E-state index contributed by atoms with van der Waals surface area (Å²) in [5.41, 5.74) is 3.70. The van der Waals surface area contributed by atoms with Gasteiger partial charge in [0.15, 0.2) is 26.4 Å². The predicted octanol–water partition coefficient (Wildman–Crippen LogP) is 5.50. The summed E-state index contributed by atoms with van der Waals surface area (Å²) >= 11 is 0. The molecule has 0 saturated heterocycles. The van der Waals surface area contributed by atoms with Crippen molar-refractivity contribution in [3.63, 3.8) is 0 Å². The highest BCUT2D eigenvalue weighted by Crippen LogP contribution is 2.32. The normalized spacial score (nSPS) is 13.5. The van der Waals surface area contributed by atoms with Crippen LogP contribution in [0.1, 0.15) is 62.8 Å². The maximum Gasteiger partial charge on any atom is 0.329 e. The van der Waals surface area contributed by atoms with Gasteiger partial charge in [0.25, 0.3) is 23.6 Å². The van der Waals surface area contributed by atoms with Crippen LogP contribution in [0.2, 0.25) is 0 Å². The van der Waals surface area contributed by atoms with Gasteiger partial charge >= 0.3 is 11.9 Å². The average molecular weight is 971 g/mol. The molecule has 16 nitrogen and oxygen atoms in total. The fraction of sp³-hybridized carbons (Fsp3) is 0.321. The van der Waals surface area contributed by atoms with Gasteiger partial charge in [0.2, 0.25) is 0 Å². The van der Waals surface area contributed by atoms with Crippen molar-refractivity contribution in [2.45, 2.75) is 52.6 Å². The predicted molar refractivity (Wildman–Crippen MR) is 266 cm³/mol. The van der Waals surface area contributed by atoms with Gasteiger partial charge in [-0.2, -0.15) is 0 Å². The molecule has 6 rings (SSSR count). The van der Waals surface area contributed by atoms with Crippen molar-refractivity contribution in [3.8, 4) is 58.9 Å². The molecule has 0 unspecified atom stereocenters. The van der Waals surface area contributed by atoms with Gasteiger partial charge in [0, 0.05) is 48.2 Å². The first-order valence-electron chi connectivity index (χ1n) is 23.3. The number of carbonyl (C=O) groups excluding carboxylic acids is 6. The molecule has 72 heavy (non-hydrogen) atoms. The summed E-state index contributed by atoms with van der Waals surface area (Å²) in [7, 11) is 0. The summed E-state index contributed by atoms with van der Waals surface area (Å²) in [4.78, 5) is 81.7. The largest absolute Gasteiger partial charge is 0.481 e. The lowest BCUT2D eigenvalue weighted by Gasteiger charge is -2.23. The third kappa shape index (κ3) is 15.8. The average Bonchev–Trinajstić information content (AvgIpc) is 3.38. The van der Waals surface area contributed by atoms with Crippen LogP contribution in [0.3, 0.4) is 0 Å². The molecule has 0 bridgehead atoms. The van der Waals surface area contributed by atoms with Crippen LogP contribution in [0.25, 0.3) is 0 Å². The van der Waals surface area contributed by atoms with Crippen LogP contribution in [0.5, 0.6) is 11.5 Å². The number of esters is 2. The summed E-state index contributed by atoms with van der Waals surface area (Å²) in [5.74, 6) is 20.3. The molecule has 0 aromatic heterocycles. The van der Waals surface area contributed by atoms with Crippen LogP contribution in [0, 0.1) is 59.2 Å². The smallest absolute Gasteiger partial charge is 0.329 e. The van der Waals surface area contributed by atoms with Gasteiger partial charge in [-0.25, -0.2) is 9.59 Å². The first-order chi connectivity index (χ1) is 34.9. The molecule has 4 aromatic rings. The minimum atomic E-state index is -1.08. The summed E-state index contributed by atoms with van der Waals surface area (Å²) in [6, 6.07) is 26.0. The molecule has 0 saturated carbocycles. The molecule has 2 heterocycles. The molecule has 2 aliphatic heterocycles. The number of amides is 4. The zero-order valence-corrected chi connectivity index (χ0v) is 40.5. The number of carbonyl (C=O) groups is 6. The Hall–Kier alpha value is -8.86. The summed E-state index contributed by atoms with van der Waals surface area (Å²) in [5, 5.41) is 13.9. The maximum atomic E-state index is 13.2. The highest BCUT2D eigenvalue weighted by atomic mass is 16.5. The van der Waals surface area contributed by atoms with Crippen LogP contribution in [0.4, 0.5) is 11.4 Å². The Morgan fingerprint density at radius 2 is 0.847 bits per heavy atom. The van der Waals surface area contributed by atoms with Crippen LogP contribution >= 0.6 is 0 Å². The Morgan fingerprint density at radius 1 is 0.500 bits per heavy atom. The molecule has 16 heteroatoms. The third-order valence-electron chi connectivity index (χ3n) is 10.9. The van der Waals surface area contributed by atoms with Crippen molar-refractivity contribution in [3.05, 3.63) is 119 Å². The Labute approximate surface area is 419 Å². The van der Waals surface area contributed by atoms with Crippen molar-refractivity contribution < 1.29 is 47.7 Å². The fourth-order valence-electron chi connectivity index (χ4n) is 6.92. The lowest BCUT2D eigenvalue weighted by molar-refractivity contribution is -0.155. The van der Waals surface area contributed by atoms with Crippen LogP contribution in [0.15, 0.2) is 107 Å². The number of para-hydroxylation sites is 2. The van der Waals surface area contributed by atoms with Crippen LogP contribution < -0.4 is 20.1 Å². The standard InChI is InChI=1S/C56H54N6O10/c1-39(2)53(55(67)71-37-51(65)61-31-15-13-23-41-19-5-7-21-43(41)25-17-33-61)57-49(63)35-69-47-29-11-9-27-45(47)59-60-46-28-10-12-30-48(46)70-36-50(64)58-54(40(3)4)56(68)72-38-52(66)62-32-16-14-24-42-20-6-8-22-44(42)26-18-34-62/h5-12,19-22,27-30,39-40,53-54H,15-16,31-38H2,1-4H3,(H,57,63)(H,58,64)/t53-,54-/m0/s1. The number of nitrogens with one attached hydrogen (secondary N) is 2. The highest BCUT2D eigenvalue weighted by Gasteiger charge is 2.29. The molecular formula is C56H54N6O10. The number of fused-ring (bicyclic) bond motifs is 2. The van der Waals surface area contributed by atoms with Crippen molar-refractivity contribution in [2.24, 2.45) is 22.1 Å². The molecule has 2 aliphatic rings. The number of nitrogens with zero attached hydrogens (tertiary/aromatic N) is 4. The fourth-order valence-corrected chi connectivity index (χ4v) is 6.92. The molecule has 0 spiro atoms. The number of rotatable bonds is 18. The number of hydrogen-bond acceptors (Lipinski definition) is 12. The molecule has 0 radical (unpaired) electrons. The molecule has 2 N–H and O–H groups in total. The lowest BCUT2D eigenvalue weighted by atomic mass is 10.0. The Bertz CT molecular complexity index is 2740. The van der Waals surface area contributed by atoms with Gasteiger partial charge in [0.1, 0.15) is 35.0 Å². The summed E-state index contributed by atoms with van der Waals surface area (Å²) in [6.07, 6.45) is 0.820. The number of benzene rings is 4. The first kappa shape index (κ1) is 52.5. The van der Waals surface area contributed by atoms with Gasteiger partial charge in [-0.1, -0.05) is 124 Å². The molecule has 368 valence electrons. The summed E-state index contributed by atoms with van der Waals surface area (Å²) in [6.45, 7) is 5.73. The molecule has 0 aliphatic carbocycles. The molecule has 0 fully saturated rings. The summed E-state index contributed by atoms with van der Waals surface area (Å²) < 4.78 is 22.4. The third-order valence-corrected chi connectivity index (χ3v) is 10.9. The Kier molecular flexibility index (Phi) is 19.5. The topological polar surface area (TPSA) is 195 Å². The molecule has 4 aromatic carbocycles. The Balaban J connectivity index is 0.969. The number of azo groups is 1. The minimum absolute atomic E-state index is 0.131. The van der Waals surface area contributed by atoms with Crippen molar-refractivity contribution >= 4 is 46.9 Å². The van der Waals surface area contributed by atoms with E-state index in [1.807, 2.05) is 48.5 Å². The number of hydrogen-bond donors (Lipinski definition) is 2. The van der Waals surface area contributed by atoms with Crippen molar-refractivity contribution in [2.75, 3.05) is 52.6 Å². The molecular weight excluding hydrogens is 917 g/mol. The quantitative estimate of drug-likeness (QED) is 0.0731. The van der Waals surface area contributed by atoms with E-state index in [0.29, 0.717) is 25.9 Å². The second-order valence-corrected chi connectivity index (χ2v) is 16.9. The van der Waals surface area contributed by atoms with E-state index in [1.54, 1.807) is 76.2 Å². The van der Waals surface area contributed by atoms with E-state index in [4.69, 9.17) is 18.9 Å². The van der Waals surface area contributed by atoms with E-state index in [9.17, 15) is 28.8 Å². The van der Waals surface area contributed by atoms with Crippen molar-refractivity contribution in [1.82, 2.24) is 20.4 Å². The minimum Gasteiger partial charge on any atom is -0.481 e. The van der Waals surface area contributed by atoms with E-state index in [2.05, 4.69) is 68.2 Å². The zero-order chi connectivity index (χ0) is 51.2. The van der Waals surface area contributed by atoms with E-state index in [0.717, 1.165) is 22.3 Å².